The van der Waals surface area contributed by atoms with Crippen molar-refractivity contribution >= 4 is 36.0 Å². The van der Waals surface area contributed by atoms with Gasteiger partial charge in [0.1, 0.15) is 5.60 Å². The van der Waals surface area contributed by atoms with E-state index in [0.29, 0.717) is 6.54 Å². The van der Waals surface area contributed by atoms with Gasteiger partial charge in [-0.15, -0.1) is 24.0 Å². The first kappa shape index (κ1) is 27.5. The number of carbonyl (C=O) groups is 1. The summed E-state index contributed by atoms with van der Waals surface area (Å²) in [4.78, 5) is 18.8. The predicted molar refractivity (Wildman–Crippen MR) is 136 cm³/mol. The maximum absolute atomic E-state index is 12.6. The van der Waals surface area contributed by atoms with Gasteiger partial charge in [-0.05, 0) is 72.8 Å². The Morgan fingerprint density at radius 2 is 2.00 bits per heavy atom. The monoisotopic (exact) mass is 548 g/mol. The lowest BCUT2D eigenvalue weighted by atomic mass is 10.0. The first-order valence-electron chi connectivity index (χ1n) is 11.0. The van der Waals surface area contributed by atoms with Crippen LogP contribution in [-0.4, -0.2) is 64.6 Å². The molecule has 1 amide bonds. The van der Waals surface area contributed by atoms with Gasteiger partial charge in [-0.2, -0.15) is 5.10 Å². The number of amides is 1. The molecule has 31 heavy (non-hydrogen) atoms. The van der Waals surface area contributed by atoms with Gasteiger partial charge in [0.25, 0.3) is 0 Å². The molecule has 2 unspecified atom stereocenters. The Labute approximate surface area is 204 Å². The van der Waals surface area contributed by atoms with E-state index >= 15 is 0 Å². The number of hydrogen-bond donors (Lipinski definition) is 2. The number of halogens is 1. The number of guanidine groups is 1. The van der Waals surface area contributed by atoms with Crippen molar-refractivity contribution in [2.24, 2.45) is 12.0 Å². The molecule has 1 aliphatic heterocycles. The minimum atomic E-state index is -0.484. The molecule has 0 aliphatic carbocycles. The molecule has 1 aliphatic rings. The molecule has 0 bridgehead atoms. The lowest BCUT2D eigenvalue weighted by Gasteiger charge is -2.37. The van der Waals surface area contributed by atoms with Crippen LogP contribution in [0.3, 0.4) is 0 Å². The fourth-order valence-electron chi connectivity index (χ4n) is 3.89. The molecule has 1 aromatic heterocycles. The molecule has 2 rings (SSSR count). The van der Waals surface area contributed by atoms with E-state index in [1.165, 1.54) is 11.3 Å². The third-order valence-electron chi connectivity index (χ3n) is 5.54. The standard InChI is InChI=1S/C22H40N6O2.HI/c1-15(13-19-16(2)26-27(8)17(19)3)25-20(23-7)24-14-18-11-9-10-12-28(18)21(29)30-22(4,5)6;/h15,18H,9-14H2,1-8H3,(H2,23,24,25);1H. The van der Waals surface area contributed by atoms with Crippen molar-refractivity contribution in [3.8, 4) is 0 Å². The average molecular weight is 549 g/mol. The van der Waals surface area contributed by atoms with E-state index in [-0.39, 0.29) is 42.2 Å². The van der Waals surface area contributed by atoms with Crippen molar-refractivity contribution in [3.05, 3.63) is 17.0 Å². The van der Waals surface area contributed by atoms with Crippen molar-refractivity contribution in [1.29, 1.82) is 0 Å². The van der Waals surface area contributed by atoms with Crippen LogP contribution in [0.2, 0.25) is 0 Å². The van der Waals surface area contributed by atoms with Gasteiger partial charge in [0, 0.05) is 38.9 Å². The highest BCUT2D eigenvalue weighted by atomic mass is 127. The molecule has 9 heteroatoms. The van der Waals surface area contributed by atoms with Gasteiger partial charge in [-0.25, -0.2) is 4.79 Å². The lowest BCUT2D eigenvalue weighted by Crippen LogP contribution is -2.53. The second-order valence-electron chi connectivity index (χ2n) is 9.30. The van der Waals surface area contributed by atoms with Crippen LogP contribution < -0.4 is 10.6 Å². The lowest BCUT2D eigenvalue weighted by molar-refractivity contribution is 0.0104. The average Bonchev–Trinajstić information content (AvgIpc) is 2.90. The summed E-state index contributed by atoms with van der Waals surface area (Å²) >= 11 is 0. The molecule has 1 saturated heterocycles. The van der Waals surface area contributed by atoms with E-state index in [4.69, 9.17) is 4.74 Å². The highest BCUT2D eigenvalue weighted by Gasteiger charge is 2.30. The number of nitrogens with one attached hydrogen (secondary N) is 2. The van der Waals surface area contributed by atoms with E-state index in [2.05, 4.69) is 41.5 Å². The molecular formula is C22H41IN6O2. The third kappa shape index (κ3) is 8.16. The van der Waals surface area contributed by atoms with Crippen LogP contribution in [0.15, 0.2) is 4.99 Å². The molecule has 2 atom stereocenters. The van der Waals surface area contributed by atoms with Crippen molar-refractivity contribution in [2.75, 3.05) is 20.1 Å². The largest absolute Gasteiger partial charge is 0.444 e. The number of aromatic nitrogens is 2. The summed E-state index contributed by atoms with van der Waals surface area (Å²) in [5, 5.41) is 11.4. The number of carbonyl (C=O) groups excluding carboxylic acids is 1. The number of hydrogen-bond acceptors (Lipinski definition) is 4. The minimum Gasteiger partial charge on any atom is -0.444 e. The Hall–Kier alpha value is -1.52. The predicted octanol–water partition coefficient (Wildman–Crippen LogP) is 3.54. The summed E-state index contributed by atoms with van der Waals surface area (Å²) in [5.74, 6) is 0.747. The number of aliphatic imine (C=N–C) groups is 1. The maximum atomic E-state index is 12.6. The molecule has 2 N–H and O–H groups in total. The number of ether oxygens (including phenoxy) is 1. The molecule has 0 saturated carbocycles. The Bertz CT molecular complexity index is 756. The first-order chi connectivity index (χ1) is 14.0. The zero-order valence-corrected chi connectivity index (χ0v) is 22.7. The van der Waals surface area contributed by atoms with E-state index in [9.17, 15) is 4.79 Å². The summed E-state index contributed by atoms with van der Waals surface area (Å²) in [6, 6.07) is 0.302. The zero-order valence-electron chi connectivity index (χ0n) is 20.4. The Morgan fingerprint density at radius 3 is 2.55 bits per heavy atom. The molecule has 1 fully saturated rings. The first-order valence-corrected chi connectivity index (χ1v) is 11.0. The number of nitrogens with zero attached hydrogens (tertiary/aromatic N) is 4. The van der Waals surface area contributed by atoms with Crippen molar-refractivity contribution < 1.29 is 9.53 Å². The van der Waals surface area contributed by atoms with Crippen LogP contribution in [0.25, 0.3) is 0 Å². The summed E-state index contributed by atoms with van der Waals surface area (Å²) < 4.78 is 7.53. The summed E-state index contributed by atoms with van der Waals surface area (Å²) in [7, 11) is 3.75. The van der Waals surface area contributed by atoms with Gasteiger partial charge in [0.2, 0.25) is 0 Å². The number of rotatable bonds is 5. The molecule has 0 aromatic carbocycles. The van der Waals surface area contributed by atoms with Gasteiger partial charge < -0.3 is 20.3 Å². The molecule has 1 aromatic rings. The van der Waals surface area contributed by atoms with E-state index in [1.807, 2.05) is 37.4 Å². The summed E-state index contributed by atoms with van der Waals surface area (Å²) in [6.45, 7) is 13.4. The second kappa shape index (κ2) is 11.9. The van der Waals surface area contributed by atoms with E-state index in [0.717, 1.165) is 43.9 Å². The molecule has 0 spiro atoms. The summed E-state index contributed by atoms with van der Waals surface area (Å²) in [5.41, 5.74) is 3.06. The zero-order chi connectivity index (χ0) is 22.5. The molecular weight excluding hydrogens is 507 g/mol. The fraction of sp³-hybridized carbons (Fsp3) is 0.773. The molecule has 0 radical (unpaired) electrons. The normalized spacial score (nSPS) is 18.3. The molecule has 8 nitrogen and oxygen atoms in total. The van der Waals surface area contributed by atoms with Crippen LogP contribution in [-0.2, 0) is 18.2 Å². The highest BCUT2D eigenvalue weighted by molar-refractivity contribution is 14.0. The number of aryl methyl sites for hydroxylation is 2. The van der Waals surface area contributed by atoms with Gasteiger partial charge in [0.05, 0.1) is 11.7 Å². The van der Waals surface area contributed by atoms with Crippen LogP contribution in [0.1, 0.15) is 63.9 Å². The highest BCUT2D eigenvalue weighted by Crippen LogP contribution is 2.20. The van der Waals surface area contributed by atoms with Crippen LogP contribution in [0.4, 0.5) is 4.79 Å². The van der Waals surface area contributed by atoms with Gasteiger partial charge in [-0.1, -0.05) is 0 Å². The van der Waals surface area contributed by atoms with Gasteiger partial charge >= 0.3 is 6.09 Å². The second-order valence-corrected chi connectivity index (χ2v) is 9.30. The quantitative estimate of drug-likeness (QED) is 0.334. The topological polar surface area (TPSA) is 83.8 Å². The molecule has 2 heterocycles. The smallest absolute Gasteiger partial charge is 0.410 e. The molecule has 178 valence electrons. The van der Waals surface area contributed by atoms with Crippen LogP contribution >= 0.6 is 24.0 Å². The van der Waals surface area contributed by atoms with Crippen molar-refractivity contribution in [1.82, 2.24) is 25.3 Å². The maximum Gasteiger partial charge on any atom is 0.410 e. The van der Waals surface area contributed by atoms with E-state index in [1.54, 1.807) is 7.05 Å². The van der Waals surface area contributed by atoms with Crippen molar-refractivity contribution in [2.45, 2.75) is 84.9 Å². The van der Waals surface area contributed by atoms with Crippen LogP contribution in [0.5, 0.6) is 0 Å². The van der Waals surface area contributed by atoms with Gasteiger partial charge in [-0.3, -0.25) is 9.67 Å². The Morgan fingerprint density at radius 1 is 1.32 bits per heavy atom. The van der Waals surface area contributed by atoms with E-state index < -0.39 is 5.60 Å². The SMILES string of the molecule is CN=C(NCC1CCCCN1C(=O)OC(C)(C)C)NC(C)Cc1c(C)nn(C)c1C.I. The fourth-order valence-corrected chi connectivity index (χ4v) is 3.89. The summed E-state index contributed by atoms with van der Waals surface area (Å²) in [6.07, 6.45) is 3.75. The van der Waals surface area contributed by atoms with Crippen molar-refractivity contribution in [3.63, 3.8) is 0 Å². The Kier molecular flexibility index (Phi) is 10.6. The van der Waals surface area contributed by atoms with Gasteiger partial charge in [0.15, 0.2) is 5.96 Å². The third-order valence-corrected chi connectivity index (χ3v) is 5.54. The number of piperidine rings is 1. The Balaban J connectivity index is 0.00000480. The van der Waals surface area contributed by atoms with Crippen LogP contribution in [0, 0.1) is 13.8 Å². The minimum absolute atomic E-state index is 0. The number of likely N-dealkylation sites (tertiary alicyclic amines) is 1.